The minimum atomic E-state index is -0.119. The van der Waals surface area contributed by atoms with Crippen molar-refractivity contribution in [3.63, 3.8) is 0 Å². The van der Waals surface area contributed by atoms with Gasteiger partial charge in [-0.25, -0.2) is 9.97 Å². The van der Waals surface area contributed by atoms with Gasteiger partial charge in [-0.2, -0.15) is 0 Å². The standard InChI is InChI=1S/C15H18BrN3/c1-9-12(10-5-7-11(16)8-6-10)18-14(15(2,3)4)19-13(9)17/h5-8H,1-4H3,(H2,17,18,19). The van der Waals surface area contributed by atoms with E-state index in [9.17, 15) is 0 Å². The van der Waals surface area contributed by atoms with E-state index in [1.165, 1.54) is 0 Å². The van der Waals surface area contributed by atoms with Crippen LogP contribution in [0.1, 0.15) is 32.2 Å². The third-order valence-electron chi connectivity index (χ3n) is 2.97. The Balaban J connectivity index is 2.62. The Morgan fingerprint density at radius 3 is 2.16 bits per heavy atom. The summed E-state index contributed by atoms with van der Waals surface area (Å²) in [7, 11) is 0. The second-order valence-electron chi connectivity index (χ2n) is 5.66. The lowest BCUT2D eigenvalue weighted by Gasteiger charge is -2.19. The number of aromatic nitrogens is 2. The highest BCUT2D eigenvalue weighted by molar-refractivity contribution is 9.10. The molecule has 0 aliphatic rings. The summed E-state index contributed by atoms with van der Waals surface area (Å²) in [5.41, 5.74) is 8.80. The van der Waals surface area contributed by atoms with Crippen molar-refractivity contribution in [2.75, 3.05) is 5.73 Å². The normalized spacial score (nSPS) is 11.6. The molecular weight excluding hydrogens is 302 g/mol. The van der Waals surface area contributed by atoms with Crippen LogP contribution in [0, 0.1) is 6.92 Å². The lowest BCUT2D eigenvalue weighted by atomic mass is 9.95. The summed E-state index contributed by atoms with van der Waals surface area (Å²) in [4.78, 5) is 9.10. The van der Waals surface area contributed by atoms with Gasteiger partial charge in [0, 0.05) is 21.0 Å². The maximum Gasteiger partial charge on any atom is 0.136 e. The highest BCUT2D eigenvalue weighted by Crippen LogP contribution is 2.29. The number of nitrogens with two attached hydrogens (primary N) is 1. The summed E-state index contributed by atoms with van der Waals surface area (Å²) in [5, 5.41) is 0. The van der Waals surface area contributed by atoms with Crippen LogP contribution in [-0.4, -0.2) is 9.97 Å². The zero-order valence-electron chi connectivity index (χ0n) is 11.7. The Morgan fingerprint density at radius 1 is 1.05 bits per heavy atom. The molecule has 0 radical (unpaired) electrons. The average Bonchev–Trinajstić information content (AvgIpc) is 2.32. The quantitative estimate of drug-likeness (QED) is 0.861. The Labute approximate surface area is 122 Å². The highest BCUT2D eigenvalue weighted by atomic mass is 79.9. The second-order valence-corrected chi connectivity index (χ2v) is 6.58. The van der Waals surface area contributed by atoms with Gasteiger partial charge in [0.05, 0.1) is 5.69 Å². The van der Waals surface area contributed by atoms with Gasteiger partial charge >= 0.3 is 0 Å². The van der Waals surface area contributed by atoms with Crippen molar-refractivity contribution in [1.29, 1.82) is 0 Å². The van der Waals surface area contributed by atoms with Crippen LogP contribution in [0.5, 0.6) is 0 Å². The SMILES string of the molecule is Cc1c(N)nc(C(C)(C)C)nc1-c1ccc(Br)cc1. The van der Waals surface area contributed by atoms with Crippen LogP contribution in [0.3, 0.4) is 0 Å². The molecule has 2 N–H and O–H groups in total. The van der Waals surface area contributed by atoms with Crippen LogP contribution in [0.2, 0.25) is 0 Å². The van der Waals surface area contributed by atoms with Gasteiger partial charge in [0.2, 0.25) is 0 Å². The van der Waals surface area contributed by atoms with Crippen LogP contribution >= 0.6 is 15.9 Å². The Morgan fingerprint density at radius 2 is 1.63 bits per heavy atom. The number of nitrogen functional groups attached to an aromatic ring is 1. The van der Waals surface area contributed by atoms with Crippen LogP contribution in [0.15, 0.2) is 28.7 Å². The molecule has 0 amide bonds. The molecule has 0 atom stereocenters. The van der Waals surface area contributed by atoms with Gasteiger partial charge in [0.15, 0.2) is 0 Å². The van der Waals surface area contributed by atoms with Gasteiger partial charge in [-0.15, -0.1) is 0 Å². The van der Waals surface area contributed by atoms with E-state index in [0.29, 0.717) is 5.82 Å². The lowest BCUT2D eigenvalue weighted by Crippen LogP contribution is -2.18. The summed E-state index contributed by atoms with van der Waals surface area (Å²) < 4.78 is 1.05. The maximum atomic E-state index is 6.03. The fourth-order valence-corrected chi connectivity index (χ4v) is 2.02. The molecule has 1 aromatic carbocycles. The first-order valence-electron chi connectivity index (χ1n) is 6.19. The fraction of sp³-hybridized carbons (Fsp3) is 0.333. The lowest BCUT2D eigenvalue weighted by molar-refractivity contribution is 0.546. The van der Waals surface area contributed by atoms with Gasteiger partial charge in [0.25, 0.3) is 0 Å². The van der Waals surface area contributed by atoms with E-state index in [4.69, 9.17) is 10.7 Å². The first kappa shape index (κ1) is 14.0. The average molecular weight is 320 g/mol. The summed E-state index contributed by atoms with van der Waals surface area (Å²) >= 11 is 3.44. The first-order valence-corrected chi connectivity index (χ1v) is 6.99. The topological polar surface area (TPSA) is 51.8 Å². The van der Waals surface area contributed by atoms with Crippen molar-refractivity contribution >= 4 is 21.7 Å². The summed E-state index contributed by atoms with van der Waals surface area (Å²) in [6.07, 6.45) is 0. The molecule has 1 aromatic heterocycles. The number of benzene rings is 1. The van der Waals surface area contributed by atoms with Gasteiger partial charge in [-0.05, 0) is 19.1 Å². The van der Waals surface area contributed by atoms with Gasteiger partial charge in [-0.3, -0.25) is 0 Å². The van der Waals surface area contributed by atoms with Crippen LogP contribution < -0.4 is 5.73 Å². The molecule has 3 nitrogen and oxygen atoms in total. The Bertz CT molecular complexity index is 598. The van der Waals surface area contributed by atoms with E-state index in [-0.39, 0.29) is 5.41 Å². The molecule has 0 unspecified atom stereocenters. The minimum absolute atomic E-state index is 0.119. The van der Waals surface area contributed by atoms with Crippen LogP contribution in [-0.2, 0) is 5.41 Å². The monoisotopic (exact) mass is 319 g/mol. The summed E-state index contributed by atoms with van der Waals surface area (Å²) in [6.45, 7) is 8.21. The Hall–Kier alpha value is -1.42. The summed E-state index contributed by atoms with van der Waals surface area (Å²) in [5.74, 6) is 1.33. The smallest absolute Gasteiger partial charge is 0.136 e. The van der Waals surface area contributed by atoms with Crippen molar-refractivity contribution in [2.45, 2.75) is 33.1 Å². The largest absolute Gasteiger partial charge is 0.383 e. The molecule has 2 aromatic rings. The zero-order chi connectivity index (χ0) is 14.2. The number of rotatable bonds is 1. The number of nitrogens with zero attached hydrogens (tertiary/aromatic N) is 2. The fourth-order valence-electron chi connectivity index (χ4n) is 1.76. The third kappa shape index (κ3) is 2.95. The molecule has 0 fully saturated rings. The molecule has 100 valence electrons. The van der Waals surface area contributed by atoms with Crippen molar-refractivity contribution in [2.24, 2.45) is 0 Å². The van der Waals surface area contributed by atoms with Crippen molar-refractivity contribution in [3.8, 4) is 11.3 Å². The maximum absolute atomic E-state index is 6.03. The predicted molar refractivity (Wildman–Crippen MR) is 83.0 cm³/mol. The molecule has 1 heterocycles. The van der Waals surface area contributed by atoms with Crippen LogP contribution in [0.25, 0.3) is 11.3 Å². The van der Waals surface area contributed by atoms with Crippen molar-refractivity contribution < 1.29 is 0 Å². The van der Waals surface area contributed by atoms with E-state index < -0.39 is 0 Å². The van der Waals surface area contributed by atoms with E-state index in [2.05, 4.69) is 41.7 Å². The van der Waals surface area contributed by atoms with Crippen molar-refractivity contribution in [3.05, 3.63) is 40.1 Å². The molecule has 19 heavy (non-hydrogen) atoms. The van der Waals surface area contributed by atoms with Gasteiger partial charge in [-0.1, -0.05) is 48.8 Å². The number of hydrogen-bond donors (Lipinski definition) is 1. The number of halogens is 1. The van der Waals surface area contributed by atoms with E-state index in [0.717, 1.165) is 27.1 Å². The third-order valence-corrected chi connectivity index (χ3v) is 3.50. The molecule has 4 heteroatoms. The highest BCUT2D eigenvalue weighted by Gasteiger charge is 2.20. The molecule has 0 aliphatic carbocycles. The van der Waals surface area contributed by atoms with Crippen molar-refractivity contribution in [1.82, 2.24) is 9.97 Å². The molecule has 0 bridgehead atoms. The molecule has 0 saturated carbocycles. The molecular formula is C15H18BrN3. The predicted octanol–water partition coefficient (Wildman–Crippen LogP) is 4.09. The zero-order valence-corrected chi connectivity index (χ0v) is 13.2. The van der Waals surface area contributed by atoms with Crippen LogP contribution in [0.4, 0.5) is 5.82 Å². The van der Waals surface area contributed by atoms with E-state index in [1.807, 2.05) is 31.2 Å². The van der Waals surface area contributed by atoms with E-state index in [1.54, 1.807) is 0 Å². The van der Waals surface area contributed by atoms with E-state index >= 15 is 0 Å². The molecule has 0 aliphatic heterocycles. The second kappa shape index (κ2) is 4.93. The molecule has 0 saturated heterocycles. The molecule has 2 rings (SSSR count). The molecule has 0 spiro atoms. The first-order chi connectivity index (χ1) is 8.79. The Kier molecular flexibility index (Phi) is 3.63. The summed E-state index contributed by atoms with van der Waals surface area (Å²) in [6, 6.07) is 8.07. The number of anilines is 1. The minimum Gasteiger partial charge on any atom is -0.383 e. The van der Waals surface area contributed by atoms with Gasteiger partial charge < -0.3 is 5.73 Å². The van der Waals surface area contributed by atoms with Gasteiger partial charge in [0.1, 0.15) is 11.6 Å². The number of hydrogen-bond acceptors (Lipinski definition) is 3.